The summed E-state index contributed by atoms with van der Waals surface area (Å²) in [6, 6.07) is 4.32. The minimum atomic E-state index is -0.326. The summed E-state index contributed by atoms with van der Waals surface area (Å²) < 4.78 is 18.4. The second-order valence-corrected chi connectivity index (χ2v) is 5.33. The number of imidazole rings is 2. The van der Waals surface area contributed by atoms with Gasteiger partial charge in [-0.25, -0.2) is 14.4 Å². The Hall–Kier alpha value is -2.74. The molecule has 0 bridgehead atoms. The summed E-state index contributed by atoms with van der Waals surface area (Å²) in [5, 5.41) is 2.78. The zero-order valence-electron chi connectivity index (χ0n) is 13.0. The molecule has 3 N–H and O–H groups in total. The highest BCUT2D eigenvalue weighted by Crippen LogP contribution is 2.13. The fourth-order valence-corrected chi connectivity index (χ4v) is 2.31. The van der Waals surface area contributed by atoms with Crippen molar-refractivity contribution < 1.29 is 13.9 Å². The van der Waals surface area contributed by atoms with Gasteiger partial charge in [-0.05, 0) is 24.6 Å². The van der Waals surface area contributed by atoms with E-state index >= 15 is 0 Å². The largest absolute Gasteiger partial charge is 0.364 e. The van der Waals surface area contributed by atoms with Crippen LogP contribution in [0.25, 0.3) is 11.0 Å². The molecule has 8 heteroatoms. The number of carbonyl (C=O) groups excluding carboxylic acids is 1. The molecule has 0 saturated carbocycles. The SMILES string of the molecule is O=C(COCc1nc2ccc(F)cc2[nH]1)NCCCc1ncc[nH]1. The van der Waals surface area contributed by atoms with Gasteiger partial charge in [0.15, 0.2) is 0 Å². The van der Waals surface area contributed by atoms with Crippen LogP contribution in [0.5, 0.6) is 0 Å². The number of halogens is 1. The van der Waals surface area contributed by atoms with Crippen LogP contribution in [0.1, 0.15) is 18.1 Å². The van der Waals surface area contributed by atoms with Crippen LogP contribution in [0.3, 0.4) is 0 Å². The predicted octanol–water partition coefficient (Wildman–Crippen LogP) is 1.69. The summed E-state index contributed by atoms with van der Waals surface area (Å²) in [5.41, 5.74) is 1.27. The van der Waals surface area contributed by atoms with E-state index in [1.54, 1.807) is 18.5 Å². The molecule has 1 amide bonds. The molecule has 0 radical (unpaired) electrons. The number of hydrogen-bond donors (Lipinski definition) is 3. The molecule has 7 nitrogen and oxygen atoms in total. The second-order valence-electron chi connectivity index (χ2n) is 5.33. The van der Waals surface area contributed by atoms with Crippen molar-refractivity contribution in [3.63, 3.8) is 0 Å². The van der Waals surface area contributed by atoms with Gasteiger partial charge in [0.25, 0.3) is 0 Å². The molecule has 0 fully saturated rings. The van der Waals surface area contributed by atoms with Crippen molar-refractivity contribution >= 4 is 16.9 Å². The molecule has 126 valence electrons. The van der Waals surface area contributed by atoms with Crippen molar-refractivity contribution in [2.75, 3.05) is 13.2 Å². The molecule has 0 saturated heterocycles. The Kier molecular flexibility index (Phi) is 5.17. The van der Waals surface area contributed by atoms with Gasteiger partial charge in [-0.3, -0.25) is 4.79 Å². The van der Waals surface area contributed by atoms with Crippen molar-refractivity contribution in [2.45, 2.75) is 19.4 Å². The fraction of sp³-hybridized carbons (Fsp3) is 0.312. The van der Waals surface area contributed by atoms with Crippen molar-refractivity contribution in [3.8, 4) is 0 Å². The Morgan fingerprint density at radius 2 is 2.25 bits per heavy atom. The summed E-state index contributed by atoms with van der Waals surface area (Å²) in [6.45, 7) is 0.676. The summed E-state index contributed by atoms with van der Waals surface area (Å²) in [7, 11) is 0. The quantitative estimate of drug-likeness (QED) is 0.547. The number of aromatic amines is 2. The number of aryl methyl sites for hydroxylation is 1. The number of benzene rings is 1. The van der Waals surface area contributed by atoms with Gasteiger partial charge < -0.3 is 20.0 Å². The third-order valence-electron chi connectivity index (χ3n) is 3.43. The van der Waals surface area contributed by atoms with Gasteiger partial charge in [-0.15, -0.1) is 0 Å². The monoisotopic (exact) mass is 331 g/mol. The first-order chi connectivity index (χ1) is 11.7. The number of hydrogen-bond acceptors (Lipinski definition) is 4. The van der Waals surface area contributed by atoms with E-state index in [0.29, 0.717) is 23.4 Å². The number of aromatic nitrogens is 4. The third kappa shape index (κ3) is 4.39. The average Bonchev–Trinajstić information content (AvgIpc) is 3.20. The van der Waals surface area contributed by atoms with Crippen molar-refractivity contribution in [2.24, 2.45) is 0 Å². The first kappa shape index (κ1) is 16.1. The molecule has 3 aromatic rings. The highest BCUT2D eigenvalue weighted by molar-refractivity contribution is 5.77. The van der Waals surface area contributed by atoms with Gasteiger partial charge in [0, 0.05) is 25.4 Å². The van der Waals surface area contributed by atoms with Crippen LogP contribution in [0.2, 0.25) is 0 Å². The minimum Gasteiger partial charge on any atom is -0.364 e. The van der Waals surface area contributed by atoms with E-state index in [2.05, 4.69) is 25.3 Å². The molecule has 1 aromatic carbocycles. The Balaban J connectivity index is 1.35. The number of amides is 1. The van der Waals surface area contributed by atoms with Crippen molar-refractivity contribution in [3.05, 3.63) is 48.1 Å². The van der Waals surface area contributed by atoms with Gasteiger partial charge in [0.2, 0.25) is 5.91 Å². The van der Waals surface area contributed by atoms with Gasteiger partial charge in [-0.2, -0.15) is 0 Å². The maximum Gasteiger partial charge on any atom is 0.246 e. The van der Waals surface area contributed by atoms with Gasteiger partial charge in [0.05, 0.1) is 11.0 Å². The number of fused-ring (bicyclic) bond motifs is 1. The summed E-state index contributed by atoms with van der Waals surface area (Å²) in [5.74, 6) is 0.951. The van der Waals surface area contributed by atoms with Gasteiger partial charge in [0.1, 0.15) is 30.7 Å². The standard InChI is InChI=1S/C16H18FN5O2/c17-11-3-4-12-13(8-11)22-15(21-12)9-24-10-16(23)20-5-1-2-14-18-6-7-19-14/h3-4,6-8H,1-2,5,9-10H2,(H,18,19)(H,20,23)(H,21,22). The van der Waals surface area contributed by atoms with E-state index in [-0.39, 0.29) is 24.9 Å². The molecular weight excluding hydrogens is 313 g/mol. The predicted molar refractivity (Wildman–Crippen MR) is 85.6 cm³/mol. The van der Waals surface area contributed by atoms with Crippen molar-refractivity contribution in [1.82, 2.24) is 25.3 Å². The second kappa shape index (κ2) is 7.69. The first-order valence-electron chi connectivity index (χ1n) is 7.67. The maximum atomic E-state index is 13.1. The lowest BCUT2D eigenvalue weighted by atomic mass is 10.3. The van der Waals surface area contributed by atoms with Gasteiger partial charge >= 0.3 is 0 Å². The van der Waals surface area contributed by atoms with Crippen LogP contribution in [0.4, 0.5) is 4.39 Å². The topological polar surface area (TPSA) is 95.7 Å². The molecule has 2 heterocycles. The lowest BCUT2D eigenvalue weighted by molar-refractivity contribution is -0.126. The molecule has 2 aromatic heterocycles. The van der Waals surface area contributed by atoms with E-state index in [1.165, 1.54) is 12.1 Å². The normalized spacial score (nSPS) is 11.0. The van der Waals surface area contributed by atoms with Crippen LogP contribution in [0.15, 0.2) is 30.6 Å². The lowest BCUT2D eigenvalue weighted by Gasteiger charge is -2.05. The smallest absolute Gasteiger partial charge is 0.246 e. The Bertz CT molecular complexity index is 800. The zero-order chi connectivity index (χ0) is 16.8. The Morgan fingerprint density at radius 1 is 1.33 bits per heavy atom. The van der Waals surface area contributed by atoms with E-state index in [1.807, 2.05) is 0 Å². The molecule has 0 unspecified atom stereocenters. The number of H-pyrrole nitrogens is 2. The van der Waals surface area contributed by atoms with E-state index in [0.717, 1.165) is 18.7 Å². The zero-order valence-corrected chi connectivity index (χ0v) is 13.0. The molecule has 0 aliphatic carbocycles. The molecule has 0 aliphatic rings. The van der Waals surface area contributed by atoms with Crippen LogP contribution < -0.4 is 5.32 Å². The molecule has 3 rings (SSSR count). The average molecular weight is 331 g/mol. The van der Waals surface area contributed by atoms with Crippen LogP contribution in [0, 0.1) is 5.82 Å². The molecule has 0 spiro atoms. The van der Waals surface area contributed by atoms with Crippen molar-refractivity contribution in [1.29, 1.82) is 0 Å². The summed E-state index contributed by atoms with van der Waals surface area (Å²) in [4.78, 5) is 26.0. The van der Waals surface area contributed by atoms with Gasteiger partial charge in [-0.1, -0.05) is 0 Å². The van der Waals surface area contributed by atoms with Crippen LogP contribution in [-0.2, 0) is 22.6 Å². The molecule has 0 aliphatic heterocycles. The number of carbonyl (C=O) groups is 1. The summed E-state index contributed by atoms with van der Waals surface area (Å²) in [6.07, 6.45) is 5.06. The third-order valence-corrected chi connectivity index (χ3v) is 3.43. The molecule has 0 atom stereocenters. The van der Waals surface area contributed by atoms with E-state index < -0.39 is 0 Å². The first-order valence-corrected chi connectivity index (χ1v) is 7.67. The Morgan fingerprint density at radius 3 is 3.08 bits per heavy atom. The number of nitrogens with zero attached hydrogens (tertiary/aromatic N) is 2. The highest BCUT2D eigenvalue weighted by Gasteiger charge is 2.06. The Labute approximate surface area is 137 Å². The minimum absolute atomic E-state index is 0.0494. The fourth-order valence-electron chi connectivity index (χ4n) is 2.31. The molecule has 24 heavy (non-hydrogen) atoms. The van der Waals surface area contributed by atoms with E-state index in [4.69, 9.17) is 4.74 Å². The van der Waals surface area contributed by atoms with Crippen LogP contribution >= 0.6 is 0 Å². The summed E-state index contributed by atoms with van der Waals surface area (Å²) >= 11 is 0. The number of rotatable bonds is 8. The number of nitrogens with one attached hydrogen (secondary N) is 3. The number of ether oxygens (including phenoxy) is 1. The van der Waals surface area contributed by atoms with Crippen LogP contribution in [-0.4, -0.2) is 39.0 Å². The van der Waals surface area contributed by atoms with E-state index in [9.17, 15) is 9.18 Å². The highest BCUT2D eigenvalue weighted by atomic mass is 19.1. The lowest BCUT2D eigenvalue weighted by Crippen LogP contribution is -2.28. The molecular formula is C16H18FN5O2. The maximum absolute atomic E-state index is 13.1.